The molecule has 1 unspecified atom stereocenters. The van der Waals surface area contributed by atoms with Crippen molar-refractivity contribution in [2.75, 3.05) is 6.61 Å². The molecule has 7 heteroatoms. The molecule has 0 radical (unpaired) electrons. The summed E-state index contributed by atoms with van der Waals surface area (Å²) >= 11 is 0. The van der Waals surface area contributed by atoms with Gasteiger partial charge in [-0.15, -0.1) is 0 Å². The van der Waals surface area contributed by atoms with Crippen LogP contribution in [-0.4, -0.2) is 33.8 Å². The van der Waals surface area contributed by atoms with Crippen molar-refractivity contribution in [3.05, 3.63) is 29.6 Å². The quantitative estimate of drug-likeness (QED) is 0.785. The van der Waals surface area contributed by atoms with Gasteiger partial charge in [0.1, 0.15) is 6.61 Å². The summed E-state index contributed by atoms with van der Waals surface area (Å²) in [6.45, 7) is -0.267. The molecule has 0 aromatic carbocycles. The molecule has 0 aliphatic carbocycles. The number of pyridine rings is 1. The summed E-state index contributed by atoms with van der Waals surface area (Å²) in [6, 6.07) is 0.860. The third-order valence-electron chi connectivity index (χ3n) is 2.32. The van der Waals surface area contributed by atoms with Crippen LogP contribution in [0, 0.1) is 0 Å². The zero-order chi connectivity index (χ0) is 13.3. The third kappa shape index (κ3) is 2.62. The van der Waals surface area contributed by atoms with Crippen molar-refractivity contribution in [3.63, 3.8) is 0 Å². The van der Waals surface area contributed by atoms with E-state index in [1.807, 2.05) is 0 Å². The highest BCUT2D eigenvalue weighted by molar-refractivity contribution is 5.96. The molecular weight excluding hydrogens is 239 g/mol. The molecule has 1 rings (SSSR count). The lowest BCUT2D eigenvalue weighted by Crippen LogP contribution is -2.39. The number of aliphatic hydroxyl groups excluding tert-OH is 1. The Morgan fingerprint density at radius 3 is 2.47 bits per heavy atom. The van der Waals surface area contributed by atoms with Gasteiger partial charge < -0.3 is 10.2 Å². The minimum absolute atomic E-state index is 0.186. The van der Waals surface area contributed by atoms with Crippen molar-refractivity contribution < 1.29 is 28.2 Å². The number of rotatable bonds is 3. The van der Waals surface area contributed by atoms with Crippen molar-refractivity contribution >= 4 is 5.78 Å². The second kappa shape index (κ2) is 4.42. The zero-order valence-corrected chi connectivity index (χ0v) is 8.82. The molecule has 1 aromatic rings. The standard InChI is InChI=1S/C10H10F3NO3/c1-9(17,10(11,12)13)7-2-6(3-14-4-7)8(16)5-15/h2-4,15,17H,5H2,1H3. The average molecular weight is 249 g/mol. The third-order valence-corrected chi connectivity index (χ3v) is 2.32. The molecular formula is C10H10F3NO3. The molecule has 1 heterocycles. The largest absolute Gasteiger partial charge is 0.421 e. The first-order chi connectivity index (χ1) is 7.70. The van der Waals surface area contributed by atoms with Crippen LogP contribution >= 0.6 is 0 Å². The summed E-state index contributed by atoms with van der Waals surface area (Å²) in [5.41, 5.74) is -3.83. The first-order valence-electron chi connectivity index (χ1n) is 4.59. The van der Waals surface area contributed by atoms with E-state index in [0.29, 0.717) is 6.92 Å². The van der Waals surface area contributed by atoms with Crippen molar-refractivity contribution in [1.29, 1.82) is 0 Å². The molecule has 1 aromatic heterocycles. The number of aliphatic hydroxyl groups is 2. The number of aromatic nitrogens is 1. The maximum Gasteiger partial charge on any atom is 0.421 e. The molecule has 4 nitrogen and oxygen atoms in total. The Morgan fingerprint density at radius 2 is 2.00 bits per heavy atom. The Morgan fingerprint density at radius 1 is 1.41 bits per heavy atom. The van der Waals surface area contributed by atoms with E-state index in [-0.39, 0.29) is 5.56 Å². The van der Waals surface area contributed by atoms with E-state index in [4.69, 9.17) is 5.11 Å². The SMILES string of the molecule is CC(O)(c1cncc(C(=O)CO)c1)C(F)(F)F. The molecule has 0 aliphatic heterocycles. The molecule has 94 valence electrons. The first-order valence-corrected chi connectivity index (χ1v) is 4.59. The second-order valence-corrected chi connectivity index (χ2v) is 3.61. The van der Waals surface area contributed by atoms with E-state index in [1.54, 1.807) is 0 Å². The van der Waals surface area contributed by atoms with Crippen molar-refractivity contribution in [1.82, 2.24) is 4.98 Å². The van der Waals surface area contributed by atoms with E-state index < -0.39 is 29.7 Å². The molecule has 0 spiro atoms. The molecule has 0 saturated carbocycles. The maximum atomic E-state index is 12.5. The van der Waals surface area contributed by atoms with Crippen LogP contribution in [-0.2, 0) is 5.60 Å². The smallest absolute Gasteiger partial charge is 0.388 e. The minimum atomic E-state index is -4.88. The van der Waals surface area contributed by atoms with Crippen LogP contribution in [0.2, 0.25) is 0 Å². The van der Waals surface area contributed by atoms with Gasteiger partial charge in [-0.05, 0) is 13.0 Å². The molecule has 0 bridgehead atoms. The zero-order valence-electron chi connectivity index (χ0n) is 8.82. The van der Waals surface area contributed by atoms with E-state index in [1.165, 1.54) is 0 Å². The van der Waals surface area contributed by atoms with Gasteiger partial charge in [0.15, 0.2) is 11.4 Å². The van der Waals surface area contributed by atoms with Crippen LogP contribution in [0.5, 0.6) is 0 Å². The van der Waals surface area contributed by atoms with E-state index in [2.05, 4.69) is 4.98 Å². The molecule has 17 heavy (non-hydrogen) atoms. The van der Waals surface area contributed by atoms with Gasteiger partial charge in [0.2, 0.25) is 0 Å². The Labute approximate surface area is 94.7 Å². The van der Waals surface area contributed by atoms with Crippen molar-refractivity contribution in [2.45, 2.75) is 18.7 Å². The van der Waals surface area contributed by atoms with Gasteiger partial charge in [-0.1, -0.05) is 0 Å². The Kier molecular flexibility index (Phi) is 3.53. The molecule has 0 amide bonds. The van der Waals surface area contributed by atoms with Gasteiger partial charge in [0, 0.05) is 23.5 Å². The highest BCUT2D eigenvalue weighted by Gasteiger charge is 2.51. The van der Waals surface area contributed by atoms with Crippen molar-refractivity contribution in [3.8, 4) is 0 Å². The number of carbonyl (C=O) groups is 1. The Bertz CT molecular complexity index is 429. The topological polar surface area (TPSA) is 70.4 Å². The fourth-order valence-corrected chi connectivity index (χ4v) is 1.11. The van der Waals surface area contributed by atoms with Gasteiger partial charge in [-0.2, -0.15) is 13.2 Å². The molecule has 0 saturated heterocycles. The molecule has 1 atom stereocenters. The van der Waals surface area contributed by atoms with E-state index >= 15 is 0 Å². The lowest BCUT2D eigenvalue weighted by Gasteiger charge is -2.26. The van der Waals surface area contributed by atoms with Gasteiger partial charge in [-0.3, -0.25) is 9.78 Å². The fraction of sp³-hybridized carbons (Fsp3) is 0.400. The normalized spacial score (nSPS) is 15.4. The van der Waals surface area contributed by atoms with Crippen LogP contribution in [0.4, 0.5) is 13.2 Å². The van der Waals surface area contributed by atoms with E-state index in [9.17, 15) is 23.1 Å². The predicted octanol–water partition coefficient (Wildman–Crippen LogP) is 1.03. The lowest BCUT2D eigenvalue weighted by molar-refractivity contribution is -0.259. The highest BCUT2D eigenvalue weighted by Crippen LogP contribution is 2.38. The summed E-state index contributed by atoms with van der Waals surface area (Å²) in [5.74, 6) is -0.766. The summed E-state index contributed by atoms with van der Waals surface area (Å²) in [5, 5.41) is 17.9. The summed E-state index contributed by atoms with van der Waals surface area (Å²) in [6.07, 6.45) is -3.04. The Hall–Kier alpha value is -1.47. The first kappa shape index (κ1) is 13.6. The maximum absolute atomic E-state index is 12.5. The predicted molar refractivity (Wildman–Crippen MR) is 51.3 cm³/mol. The Balaban J connectivity index is 3.21. The monoisotopic (exact) mass is 249 g/mol. The number of halogens is 3. The van der Waals surface area contributed by atoms with Gasteiger partial charge in [0.05, 0.1) is 0 Å². The molecule has 0 aliphatic rings. The number of ketones is 1. The summed E-state index contributed by atoms with van der Waals surface area (Å²) in [7, 11) is 0. The lowest BCUT2D eigenvalue weighted by atomic mass is 9.95. The number of hydrogen-bond donors (Lipinski definition) is 2. The van der Waals surface area contributed by atoms with Crippen LogP contribution in [0.25, 0.3) is 0 Å². The van der Waals surface area contributed by atoms with Crippen molar-refractivity contribution in [2.24, 2.45) is 0 Å². The van der Waals surface area contributed by atoms with Gasteiger partial charge >= 0.3 is 6.18 Å². The number of alkyl halides is 3. The number of Topliss-reactive ketones (excluding diaryl/α,β-unsaturated/α-hetero) is 1. The number of carbonyl (C=O) groups excluding carboxylic acids is 1. The van der Waals surface area contributed by atoms with Crippen LogP contribution in [0.1, 0.15) is 22.8 Å². The number of hydrogen-bond acceptors (Lipinski definition) is 4. The van der Waals surface area contributed by atoms with Gasteiger partial charge in [0.25, 0.3) is 0 Å². The highest BCUT2D eigenvalue weighted by atomic mass is 19.4. The van der Waals surface area contributed by atoms with Crippen LogP contribution < -0.4 is 0 Å². The van der Waals surface area contributed by atoms with Gasteiger partial charge in [-0.25, -0.2) is 0 Å². The summed E-state index contributed by atoms with van der Waals surface area (Å²) in [4.78, 5) is 14.5. The molecule has 2 N–H and O–H groups in total. The molecule has 0 fully saturated rings. The van der Waals surface area contributed by atoms with E-state index in [0.717, 1.165) is 18.5 Å². The minimum Gasteiger partial charge on any atom is -0.388 e. The van der Waals surface area contributed by atoms with Crippen LogP contribution in [0.15, 0.2) is 18.5 Å². The second-order valence-electron chi connectivity index (χ2n) is 3.61. The van der Waals surface area contributed by atoms with Crippen LogP contribution in [0.3, 0.4) is 0 Å². The fourth-order valence-electron chi connectivity index (χ4n) is 1.11. The summed E-state index contributed by atoms with van der Waals surface area (Å²) < 4.78 is 37.6. The average Bonchev–Trinajstić information content (AvgIpc) is 2.26. The number of nitrogens with zero attached hydrogens (tertiary/aromatic N) is 1.